The van der Waals surface area contributed by atoms with Crippen LogP contribution in [0.3, 0.4) is 0 Å². The molecular formula is C11H7N5O3S. The summed E-state index contributed by atoms with van der Waals surface area (Å²) in [5, 5.41) is 14.8. The van der Waals surface area contributed by atoms with Crippen molar-refractivity contribution in [2.24, 2.45) is 0 Å². The third-order valence-corrected chi connectivity index (χ3v) is 3.16. The SMILES string of the molecule is O=C(Nc1nc2ccc([N+](=O)[O-])cc2[nH]1)c1cscn1. The number of hydrogen-bond acceptors (Lipinski definition) is 6. The number of nitrogens with zero attached hydrogens (tertiary/aromatic N) is 3. The standard InChI is InChI=1S/C11H7N5O3S/c17-10(9-4-20-5-12-9)15-11-13-7-2-1-6(16(18)19)3-8(7)14-11/h1-5H,(H2,13,14,15,17). The van der Waals surface area contributed by atoms with Crippen molar-refractivity contribution in [2.45, 2.75) is 0 Å². The Kier molecular flexibility index (Phi) is 2.88. The molecule has 100 valence electrons. The Morgan fingerprint density at radius 1 is 1.45 bits per heavy atom. The highest BCUT2D eigenvalue weighted by molar-refractivity contribution is 7.07. The number of benzene rings is 1. The lowest BCUT2D eigenvalue weighted by Gasteiger charge is -1.96. The summed E-state index contributed by atoms with van der Waals surface area (Å²) in [5.41, 5.74) is 2.81. The third-order valence-electron chi connectivity index (χ3n) is 2.57. The Bertz CT molecular complexity index is 796. The second kappa shape index (κ2) is 4.70. The fraction of sp³-hybridized carbons (Fsp3) is 0. The van der Waals surface area contributed by atoms with Crippen LogP contribution in [-0.4, -0.2) is 25.8 Å². The van der Waals surface area contributed by atoms with Gasteiger partial charge in [0, 0.05) is 17.5 Å². The number of carbonyl (C=O) groups excluding carboxylic acids is 1. The van der Waals surface area contributed by atoms with Crippen molar-refractivity contribution in [1.29, 1.82) is 0 Å². The number of nitrogens with one attached hydrogen (secondary N) is 2. The van der Waals surface area contributed by atoms with Crippen LogP contribution in [0.1, 0.15) is 10.5 Å². The highest BCUT2D eigenvalue weighted by atomic mass is 32.1. The molecule has 0 saturated heterocycles. The number of carbonyl (C=O) groups is 1. The molecule has 0 spiro atoms. The van der Waals surface area contributed by atoms with Crippen LogP contribution in [-0.2, 0) is 0 Å². The van der Waals surface area contributed by atoms with Gasteiger partial charge < -0.3 is 4.98 Å². The van der Waals surface area contributed by atoms with Crippen molar-refractivity contribution in [2.75, 3.05) is 5.32 Å². The van der Waals surface area contributed by atoms with E-state index in [4.69, 9.17) is 0 Å². The van der Waals surface area contributed by atoms with E-state index in [1.807, 2.05) is 0 Å². The highest BCUT2D eigenvalue weighted by Crippen LogP contribution is 2.20. The Morgan fingerprint density at radius 2 is 2.30 bits per heavy atom. The summed E-state index contributed by atoms with van der Waals surface area (Å²) >= 11 is 1.31. The second-order valence-corrected chi connectivity index (χ2v) is 4.59. The normalized spacial score (nSPS) is 10.6. The van der Waals surface area contributed by atoms with E-state index in [-0.39, 0.29) is 17.5 Å². The first-order chi connectivity index (χ1) is 9.63. The van der Waals surface area contributed by atoms with Crippen LogP contribution >= 0.6 is 11.3 Å². The average molecular weight is 289 g/mol. The Balaban J connectivity index is 1.89. The molecule has 20 heavy (non-hydrogen) atoms. The summed E-state index contributed by atoms with van der Waals surface area (Å²) in [5.74, 6) is -0.168. The number of thiazole rings is 1. The number of rotatable bonds is 3. The van der Waals surface area contributed by atoms with E-state index in [9.17, 15) is 14.9 Å². The van der Waals surface area contributed by atoms with Crippen molar-refractivity contribution in [1.82, 2.24) is 15.0 Å². The van der Waals surface area contributed by atoms with Crippen LogP contribution in [0.5, 0.6) is 0 Å². The smallest absolute Gasteiger partial charge is 0.277 e. The van der Waals surface area contributed by atoms with Crippen LogP contribution in [0.2, 0.25) is 0 Å². The van der Waals surface area contributed by atoms with Crippen LogP contribution in [0.15, 0.2) is 29.1 Å². The van der Waals surface area contributed by atoms with Crippen molar-refractivity contribution >= 4 is 39.9 Å². The Morgan fingerprint density at radius 3 is 3.00 bits per heavy atom. The van der Waals surface area contributed by atoms with Gasteiger partial charge in [0.05, 0.1) is 21.5 Å². The summed E-state index contributed by atoms with van der Waals surface area (Å²) in [6.07, 6.45) is 0. The second-order valence-electron chi connectivity index (χ2n) is 3.87. The number of aromatic nitrogens is 3. The molecule has 0 radical (unpaired) electrons. The first kappa shape index (κ1) is 12.2. The molecule has 0 bridgehead atoms. The zero-order valence-corrected chi connectivity index (χ0v) is 10.7. The van der Waals surface area contributed by atoms with Gasteiger partial charge in [0.1, 0.15) is 5.69 Å². The van der Waals surface area contributed by atoms with Gasteiger partial charge in [-0.15, -0.1) is 11.3 Å². The molecule has 2 N–H and O–H groups in total. The minimum Gasteiger partial charge on any atom is -0.324 e. The molecule has 1 amide bonds. The number of nitro benzene ring substituents is 1. The lowest BCUT2D eigenvalue weighted by Crippen LogP contribution is -2.13. The molecule has 8 nitrogen and oxygen atoms in total. The van der Waals surface area contributed by atoms with Crippen molar-refractivity contribution < 1.29 is 9.72 Å². The van der Waals surface area contributed by atoms with Gasteiger partial charge in [0.15, 0.2) is 0 Å². The zero-order chi connectivity index (χ0) is 14.1. The van der Waals surface area contributed by atoms with E-state index in [2.05, 4.69) is 20.3 Å². The molecule has 3 aromatic rings. The fourth-order valence-electron chi connectivity index (χ4n) is 1.67. The molecule has 0 fully saturated rings. The predicted molar refractivity (Wildman–Crippen MR) is 72.8 cm³/mol. The molecule has 1 aromatic carbocycles. The molecule has 0 unspecified atom stereocenters. The summed E-state index contributed by atoms with van der Waals surface area (Å²) in [4.78, 5) is 32.8. The lowest BCUT2D eigenvalue weighted by atomic mass is 10.3. The summed E-state index contributed by atoms with van der Waals surface area (Å²) < 4.78 is 0. The number of aromatic amines is 1. The first-order valence-electron chi connectivity index (χ1n) is 5.47. The molecule has 0 aliphatic heterocycles. The number of nitro groups is 1. The predicted octanol–water partition coefficient (Wildman–Crippen LogP) is 2.18. The number of non-ortho nitro benzene ring substituents is 1. The molecule has 2 heterocycles. The Hall–Kier alpha value is -2.81. The van der Waals surface area contributed by atoms with Gasteiger partial charge in [-0.3, -0.25) is 20.2 Å². The summed E-state index contributed by atoms with van der Waals surface area (Å²) in [6, 6.07) is 4.23. The molecule has 3 rings (SSSR count). The van der Waals surface area contributed by atoms with E-state index < -0.39 is 4.92 Å². The maximum Gasteiger partial charge on any atom is 0.277 e. The summed E-state index contributed by atoms with van der Waals surface area (Å²) in [7, 11) is 0. The molecule has 0 aliphatic rings. The number of anilines is 1. The molecule has 9 heteroatoms. The minimum atomic E-state index is -0.492. The van der Waals surface area contributed by atoms with Crippen LogP contribution in [0.25, 0.3) is 11.0 Å². The third kappa shape index (κ3) is 2.21. The molecule has 0 saturated carbocycles. The molecule has 0 aliphatic carbocycles. The average Bonchev–Trinajstić information content (AvgIpc) is 3.06. The number of amides is 1. The Labute approximate surface area is 115 Å². The van der Waals surface area contributed by atoms with Gasteiger partial charge in [0.2, 0.25) is 5.95 Å². The van der Waals surface area contributed by atoms with Crippen LogP contribution < -0.4 is 5.32 Å². The van der Waals surface area contributed by atoms with E-state index in [1.165, 1.54) is 29.5 Å². The van der Waals surface area contributed by atoms with Gasteiger partial charge in [-0.1, -0.05) is 0 Å². The summed E-state index contributed by atoms with van der Waals surface area (Å²) in [6.45, 7) is 0. The topological polar surface area (TPSA) is 114 Å². The quantitative estimate of drug-likeness (QED) is 0.566. The monoisotopic (exact) mass is 289 g/mol. The molecule has 0 atom stereocenters. The minimum absolute atomic E-state index is 0.0430. The van der Waals surface area contributed by atoms with Gasteiger partial charge >= 0.3 is 0 Å². The first-order valence-corrected chi connectivity index (χ1v) is 6.41. The van der Waals surface area contributed by atoms with E-state index in [1.54, 1.807) is 10.9 Å². The largest absolute Gasteiger partial charge is 0.324 e. The number of imidazole rings is 1. The van der Waals surface area contributed by atoms with Crippen LogP contribution in [0.4, 0.5) is 11.6 Å². The van der Waals surface area contributed by atoms with Crippen molar-refractivity contribution in [3.05, 3.63) is 44.9 Å². The molecular weight excluding hydrogens is 282 g/mol. The zero-order valence-electron chi connectivity index (χ0n) is 9.86. The van der Waals surface area contributed by atoms with E-state index in [0.717, 1.165) is 0 Å². The van der Waals surface area contributed by atoms with Gasteiger partial charge in [0.25, 0.3) is 11.6 Å². The van der Waals surface area contributed by atoms with E-state index in [0.29, 0.717) is 16.7 Å². The van der Waals surface area contributed by atoms with Crippen LogP contribution in [0, 0.1) is 10.1 Å². The number of H-pyrrole nitrogens is 1. The number of hydrogen-bond donors (Lipinski definition) is 2. The lowest BCUT2D eigenvalue weighted by molar-refractivity contribution is -0.384. The maximum absolute atomic E-state index is 11.8. The van der Waals surface area contributed by atoms with E-state index >= 15 is 0 Å². The van der Waals surface area contributed by atoms with Gasteiger partial charge in [-0.05, 0) is 6.07 Å². The fourth-order valence-corrected chi connectivity index (χ4v) is 2.20. The van der Waals surface area contributed by atoms with Gasteiger partial charge in [-0.2, -0.15) is 0 Å². The van der Waals surface area contributed by atoms with Gasteiger partial charge in [-0.25, -0.2) is 9.97 Å². The number of fused-ring (bicyclic) bond motifs is 1. The molecule has 2 aromatic heterocycles. The highest BCUT2D eigenvalue weighted by Gasteiger charge is 2.13. The van der Waals surface area contributed by atoms with Crippen molar-refractivity contribution in [3.63, 3.8) is 0 Å². The maximum atomic E-state index is 11.8. The van der Waals surface area contributed by atoms with Crippen molar-refractivity contribution in [3.8, 4) is 0 Å².